The number of anilines is 1. The highest BCUT2D eigenvalue weighted by atomic mass is 16.3. The molecule has 0 atom stereocenters. The molecule has 26 heavy (non-hydrogen) atoms. The van der Waals surface area contributed by atoms with Gasteiger partial charge in [0, 0.05) is 48.7 Å². The van der Waals surface area contributed by atoms with Gasteiger partial charge in [0.25, 0.3) is 0 Å². The zero-order valence-corrected chi connectivity index (χ0v) is 14.2. The summed E-state index contributed by atoms with van der Waals surface area (Å²) in [6, 6.07) is 5.75. The molecule has 0 saturated carbocycles. The van der Waals surface area contributed by atoms with E-state index in [1.54, 1.807) is 24.9 Å². The molecule has 4 heterocycles. The quantitative estimate of drug-likeness (QED) is 0.777. The van der Waals surface area contributed by atoms with Gasteiger partial charge in [0.2, 0.25) is 11.9 Å². The smallest absolute Gasteiger partial charge is 0.225 e. The van der Waals surface area contributed by atoms with Crippen molar-refractivity contribution in [3.05, 3.63) is 49.3 Å². The molecule has 3 aromatic heterocycles. The van der Waals surface area contributed by atoms with Crippen LogP contribution in [0.5, 0.6) is 0 Å². The summed E-state index contributed by atoms with van der Waals surface area (Å²) < 4.78 is 5.25. The minimum Gasteiger partial charge on any atom is -0.472 e. The fourth-order valence-electron chi connectivity index (χ4n) is 3.25. The SMILES string of the molecule is NC(=O)C1CCN(c2ncc(-c3ccncc3)c(-c3ccoc3)n2)CC1. The van der Waals surface area contributed by atoms with E-state index in [-0.39, 0.29) is 11.8 Å². The molecule has 1 saturated heterocycles. The number of amides is 1. The second-order valence-electron chi connectivity index (χ2n) is 6.34. The lowest BCUT2D eigenvalue weighted by Gasteiger charge is -2.30. The van der Waals surface area contributed by atoms with Gasteiger partial charge in [0.05, 0.1) is 18.2 Å². The first-order chi connectivity index (χ1) is 12.7. The van der Waals surface area contributed by atoms with Gasteiger partial charge in [-0.1, -0.05) is 0 Å². The van der Waals surface area contributed by atoms with Crippen LogP contribution >= 0.6 is 0 Å². The second-order valence-corrected chi connectivity index (χ2v) is 6.34. The van der Waals surface area contributed by atoms with Gasteiger partial charge in [-0.15, -0.1) is 0 Å². The number of hydrogen-bond acceptors (Lipinski definition) is 6. The molecule has 1 aliphatic rings. The summed E-state index contributed by atoms with van der Waals surface area (Å²) in [5, 5.41) is 0. The first-order valence-electron chi connectivity index (χ1n) is 8.56. The Morgan fingerprint density at radius 1 is 1.15 bits per heavy atom. The largest absolute Gasteiger partial charge is 0.472 e. The van der Waals surface area contributed by atoms with Crippen LogP contribution in [0.25, 0.3) is 22.4 Å². The van der Waals surface area contributed by atoms with Crippen molar-refractivity contribution in [2.24, 2.45) is 11.7 Å². The molecule has 3 aromatic rings. The molecule has 0 spiro atoms. The molecule has 0 aliphatic carbocycles. The standard InChI is InChI=1S/C19H19N5O2/c20-18(25)14-3-8-24(9-4-14)19-22-11-16(13-1-6-21-7-2-13)17(23-19)15-5-10-26-12-15/h1-2,5-7,10-12,14H,3-4,8-9H2,(H2,20,25). The average molecular weight is 349 g/mol. The lowest BCUT2D eigenvalue weighted by molar-refractivity contribution is -0.122. The van der Waals surface area contributed by atoms with Gasteiger partial charge in [0.15, 0.2) is 0 Å². The van der Waals surface area contributed by atoms with Crippen LogP contribution in [0.4, 0.5) is 5.95 Å². The zero-order valence-electron chi connectivity index (χ0n) is 14.2. The molecule has 0 radical (unpaired) electrons. The molecule has 0 aromatic carbocycles. The Morgan fingerprint density at radius 2 is 1.92 bits per heavy atom. The first kappa shape index (κ1) is 16.3. The van der Waals surface area contributed by atoms with Crippen molar-refractivity contribution in [2.75, 3.05) is 18.0 Å². The van der Waals surface area contributed by atoms with E-state index in [0.29, 0.717) is 19.0 Å². The van der Waals surface area contributed by atoms with Crippen molar-refractivity contribution in [3.8, 4) is 22.4 Å². The van der Waals surface area contributed by atoms with Crippen molar-refractivity contribution < 1.29 is 9.21 Å². The molecular weight excluding hydrogens is 330 g/mol. The average Bonchev–Trinajstić information content (AvgIpc) is 3.23. The number of furan rings is 1. The number of pyridine rings is 1. The van der Waals surface area contributed by atoms with Crippen molar-refractivity contribution in [3.63, 3.8) is 0 Å². The number of aromatic nitrogens is 3. The van der Waals surface area contributed by atoms with E-state index in [1.807, 2.05) is 24.4 Å². The third-order valence-corrected chi connectivity index (χ3v) is 4.74. The van der Waals surface area contributed by atoms with Gasteiger partial charge in [-0.3, -0.25) is 9.78 Å². The maximum absolute atomic E-state index is 11.4. The Bertz CT molecular complexity index is 888. The summed E-state index contributed by atoms with van der Waals surface area (Å²) in [5.74, 6) is 0.371. The lowest BCUT2D eigenvalue weighted by Crippen LogP contribution is -2.39. The fourth-order valence-corrected chi connectivity index (χ4v) is 3.25. The zero-order chi connectivity index (χ0) is 17.9. The van der Waals surface area contributed by atoms with Gasteiger partial charge in [-0.25, -0.2) is 9.97 Å². The Labute approximate surface area is 150 Å². The summed E-state index contributed by atoms with van der Waals surface area (Å²) >= 11 is 0. The fraction of sp³-hybridized carbons (Fsp3) is 0.263. The molecule has 2 N–H and O–H groups in total. The molecule has 1 amide bonds. The Hall–Kier alpha value is -3.22. The maximum atomic E-state index is 11.4. The predicted octanol–water partition coefficient (Wildman–Crippen LogP) is 2.50. The number of nitrogens with two attached hydrogens (primary N) is 1. The first-order valence-corrected chi connectivity index (χ1v) is 8.56. The molecule has 7 heteroatoms. The van der Waals surface area contributed by atoms with Crippen molar-refractivity contribution in [1.29, 1.82) is 0 Å². The van der Waals surface area contributed by atoms with Crippen LogP contribution in [0.1, 0.15) is 12.8 Å². The molecular formula is C19H19N5O2. The monoisotopic (exact) mass is 349 g/mol. The van der Waals surface area contributed by atoms with Crippen LogP contribution in [0.15, 0.2) is 53.7 Å². The van der Waals surface area contributed by atoms with Crippen LogP contribution in [0, 0.1) is 5.92 Å². The van der Waals surface area contributed by atoms with E-state index in [4.69, 9.17) is 15.1 Å². The third kappa shape index (κ3) is 3.15. The van der Waals surface area contributed by atoms with Gasteiger partial charge in [-0.2, -0.15) is 0 Å². The van der Waals surface area contributed by atoms with Crippen molar-refractivity contribution in [2.45, 2.75) is 12.8 Å². The van der Waals surface area contributed by atoms with Crippen molar-refractivity contribution in [1.82, 2.24) is 15.0 Å². The number of rotatable bonds is 4. The number of nitrogens with zero attached hydrogens (tertiary/aromatic N) is 4. The Morgan fingerprint density at radius 3 is 2.58 bits per heavy atom. The molecule has 4 rings (SSSR count). The predicted molar refractivity (Wildman–Crippen MR) is 97.1 cm³/mol. The highest BCUT2D eigenvalue weighted by molar-refractivity contribution is 5.80. The number of primary amides is 1. The van der Waals surface area contributed by atoms with Crippen LogP contribution in [-0.4, -0.2) is 33.9 Å². The van der Waals surface area contributed by atoms with E-state index in [0.717, 1.165) is 35.2 Å². The summed E-state index contributed by atoms with van der Waals surface area (Å²) in [4.78, 5) is 26.9. The normalized spacial score (nSPS) is 15.2. The second kappa shape index (κ2) is 6.95. The summed E-state index contributed by atoms with van der Waals surface area (Å²) in [6.45, 7) is 1.43. The number of hydrogen-bond donors (Lipinski definition) is 1. The number of carbonyl (C=O) groups is 1. The Kier molecular flexibility index (Phi) is 4.35. The van der Waals surface area contributed by atoms with Gasteiger partial charge >= 0.3 is 0 Å². The minimum atomic E-state index is -0.224. The summed E-state index contributed by atoms with van der Waals surface area (Å²) in [7, 11) is 0. The van der Waals surface area contributed by atoms with E-state index in [9.17, 15) is 4.79 Å². The molecule has 132 valence electrons. The topological polar surface area (TPSA) is 98.1 Å². The van der Waals surface area contributed by atoms with Crippen molar-refractivity contribution >= 4 is 11.9 Å². The van der Waals surface area contributed by atoms with E-state index in [2.05, 4.69) is 14.9 Å². The minimum absolute atomic E-state index is 0.0595. The van der Waals surface area contributed by atoms with Crippen LogP contribution in [0.3, 0.4) is 0 Å². The molecule has 0 bridgehead atoms. The van der Waals surface area contributed by atoms with E-state index < -0.39 is 0 Å². The van der Waals surface area contributed by atoms with Crippen LogP contribution < -0.4 is 10.6 Å². The van der Waals surface area contributed by atoms with Crippen LogP contribution in [0.2, 0.25) is 0 Å². The maximum Gasteiger partial charge on any atom is 0.225 e. The molecule has 1 aliphatic heterocycles. The molecule has 1 fully saturated rings. The summed E-state index contributed by atoms with van der Waals surface area (Å²) in [6.07, 6.45) is 10.1. The van der Waals surface area contributed by atoms with Gasteiger partial charge < -0.3 is 15.1 Å². The van der Waals surface area contributed by atoms with E-state index >= 15 is 0 Å². The van der Waals surface area contributed by atoms with E-state index in [1.165, 1.54) is 0 Å². The Balaban J connectivity index is 1.68. The number of carbonyl (C=O) groups excluding carboxylic acids is 1. The van der Waals surface area contributed by atoms with Gasteiger partial charge in [0.1, 0.15) is 0 Å². The third-order valence-electron chi connectivity index (χ3n) is 4.74. The van der Waals surface area contributed by atoms with Crippen LogP contribution in [-0.2, 0) is 4.79 Å². The lowest BCUT2D eigenvalue weighted by atomic mass is 9.96. The van der Waals surface area contributed by atoms with Gasteiger partial charge in [-0.05, 0) is 36.6 Å². The highest BCUT2D eigenvalue weighted by Gasteiger charge is 2.25. The highest BCUT2D eigenvalue weighted by Crippen LogP contribution is 2.32. The summed E-state index contributed by atoms with van der Waals surface area (Å²) in [5.41, 5.74) is 9.04. The molecule has 0 unspecified atom stereocenters. The molecule has 7 nitrogen and oxygen atoms in total. The number of piperidine rings is 1.